The summed E-state index contributed by atoms with van der Waals surface area (Å²) >= 11 is 12.0. The smallest absolute Gasteiger partial charge is 0.225 e. The Hall–Kier alpha value is -0.300. The van der Waals surface area contributed by atoms with Gasteiger partial charge < -0.3 is 5.32 Å². The summed E-state index contributed by atoms with van der Waals surface area (Å²) in [5, 5.41) is 2.93. The molecule has 0 spiro atoms. The molecule has 0 aliphatic rings. The second-order valence-electron chi connectivity index (χ2n) is 4.70. The van der Waals surface area contributed by atoms with Crippen molar-refractivity contribution in [3.8, 4) is 0 Å². The summed E-state index contributed by atoms with van der Waals surface area (Å²) in [6, 6.07) is 12.1. The van der Waals surface area contributed by atoms with E-state index in [0.717, 1.165) is 24.9 Å². The molecule has 0 fully saturated rings. The first kappa shape index (κ1) is 18.0. The number of aryl methyl sites for hydroxylation is 1. The van der Waals surface area contributed by atoms with Crippen molar-refractivity contribution in [3.63, 3.8) is 0 Å². The molecular formula is C16H14Br3NOS. The van der Waals surface area contributed by atoms with Crippen LogP contribution in [0.5, 0.6) is 0 Å². The monoisotopic (exact) mass is 505 g/mol. The Bertz CT molecular complexity index is 651. The van der Waals surface area contributed by atoms with Gasteiger partial charge in [0.1, 0.15) is 0 Å². The number of thioether (sulfide) groups is 1. The summed E-state index contributed by atoms with van der Waals surface area (Å²) in [5.41, 5.74) is 2.00. The number of amides is 1. The van der Waals surface area contributed by atoms with Crippen molar-refractivity contribution in [3.05, 3.63) is 55.4 Å². The standard InChI is InChI=1S/C16H14Br3NOS/c1-10-2-4-12(5-3-10)22-7-6-15(21)20-16-13(18)8-11(17)9-14(16)19/h2-5,8-9H,6-7H2,1H3,(H,20,21). The maximum Gasteiger partial charge on any atom is 0.225 e. The molecule has 0 aliphatic heterocycles. The van der Waals surface area contributed by atoms with Gasteiger partial charge >= 0.3 is 0 Å². The van der Waals surface area contributed by atoms with Crippen LogP contribution in [0.15, 0.2) is 54.7 Å². The molecule has 22 heavy (non-hydrogen) atoms. The molecule has 2 nitrogen and oxygen atoms in total. The van der Waals surface area contributed by atoms with Crippen LogP contribution in [0.4, 0.5) is 5.69 Å². The first-order valence-electron chi connectivity index (χ1n) is 6.59. The molecule has 2 aromatic rings. The number of halogens is 3. The number of carbonyl (C=O) groups excluding carboxylic acids is 1. The van der Waals surface area contributed by atoms with Crippen LogP contribution in [0.3, 0.4) is 0 Å². The second kappa shape index (κ2) is 8.52. The van der Waals surface area contributed by atoms with Crippen molar-refractivity contribution in [2.75, 3.05) is 11.1 Å². The van der Waals surface area contributed by atoms with Crippen LogP contribution in [0, 0.1) is 6.92 Å². The number of rotatable bonds is 5. The molecule has 0 aromatic heterocycles. The van der Waals surface area contributed by atoms with Crippen LogP contribution in [0.1, 0.15) is 12.0 Å². The molecule has 0 heterocycles. The summed E-state index contributed by atoms with van der Waals surface area (Å²) in [5.74, 6) is 0.754. The molecule has 1 N–H and O–H groups in total. The predicted octanol–water partition coefficient (Wildman–Crippen LogP) is 6.40. The predicted molar refractivity (Wildman–Crippen MR) is 105 cm³/mol. The SMILES string of the molecule is Cc1ccc(SCCC(=O)Nc2c(Br)cc(Br)cc2Br)cc1. The molecule has 0 aliphatic carbocycles. The lowest BCUT2D eigenvalue weighted by Gasteiger charge is -2.10. The molecule has 0 atom stereocenters. The summed E-state index contributed by atoms with van der Waals surface area (Å²) in [7, 11) is 0. The van der Waals surface area contributed by atoms with E-state index in [0.29, 0.717) is 6.42 Å². The Morgan fingerprint density at radius 3 is 2.27 bits per heavy atom. The molecule has 0 radical (unpaired) electrons. The number of nitrogens with one attached hydrogen (secondary N) is 1. The Labute approximate surface area is 159 Å². The fraction of sp³-hybridized carbons (Fsp3) is 0.188. The minimum Gasteiger partial charge on any atom is -0.324 e. The Morgan fingerprint density at radius 1 is 1.09 bits per heavy atom. The van der Waals surface area contributed by atoms with E-state index < -0.39 is 0 Å². The van der Waals surface area contributed by atoms with Crippen molar-refractivity contribution in [1.82, 2.24) is 0 Å². The Morgan fingerprint density at radius 2 is 1.68 bits per heavy atom. The van der Waals surface area contributed by atoms with Crippen molar-refractivity contribution < 1.29 is 4.79 Å². The summed E-state index contributed by atoms with van der Waals surface area (Å²) in [4.78, 5) is 13.3. The third-order valence-corrected chi connectivity index (χ3v) is 5.61. The number of hydrogen-bond donors (Lipinski definition) is 1. The summed E-state index contributed by atoms with van der Waals surface area (Å²) in [6.07, 6.45) is 0.466. The number of benzene rings is 2. The van der Waals surface area contributed by atoms with Crippen LogP contribution in [-0.2, 0) is 4.79 Å². The number of carbonyl (C=O) groups is 1. The highest BCUT2D eigenvalue weighted by molar-refractivity contribution is 9.11. The highest BCUT2D eigenvalue weighted by Gasteiger charge is 2.10. The van der Waals surface area contributed by atoms with Gasteiger partial charge in [0.25, 0.3) is 0 Å². The first-order valence-corrected chi connectivity index (χ1v) is 9.96. The topological polar surface area (TPSA) is 29.1 Å². The molecule has 2 aromatic carbocycles. The lowest BCUT2D eigenvalue weighted by atomic mass is 10.2. The zero-order valence-corrected chi connectivity index (χ0v) is 17.4. The fourth-order valence-electron chi connectivity index (χ4n) is 1.76. The van der Waals surface area contributed by atoms with Gasteiger partial charge in [-0.15, -0.1) is 11.8 Å². The highest BCUT2D eigenvalue weighted by atomic mass is 79.9. The average Bonchev–Trinajstić information content (AvgIpc) is 2.45. The molecule has 0 saturated heterocycles. The van der Waals surface area contributed by atoms with Gasteiger partial charge in [-0.05, 0) is 63.0 Å². The minimum atomic E-state index is 0.00309. The quantitative estimate of drug-likeness (QED) is 0.474. The average molecular weight is 508 g/mol. The van der Waals surface area contributed by atoms with Crippen LogP contribution in [0.25, 0.3) is 0 Å². The van der Waals surface area contributed by atoms with Gasteiger partial charge in [0.15, 0.2) is 0 Å². The van der Waals surface area contributed by atoms with E-state index in [1.807, 2.05) is 12.1 Å². The Balaban J connectivity index is 1.87. The van der Waals surface area contributed by atoms with Crippen molar-refractivity contribution in [2.24, 2.45) is 0 Å². The van der Waals surface area contributed by atoms with Gasteiger partial charge in [0.2, 0.25) is 5.91 Å². The molecule has 6 heteroatoms. The van der Waals surface area contributed by atoms with Crippen LogP contribution >= 0.6 is 59.6 Å². The van der Waals surface area contributed by atoms with Gasteiger partial charge in [-0.3, -0.25) is 4.79 Å². The van der Waals surface area contributed by atoms with Gasteiger partial charge in [0, 0.05) is 30.5 Å². The lowest BCUT2D eigenvalue weighted by molar-refractivity contribution is -0.115. The zero-order valence-electron chi connectivity index (χ0n) is 11.8. The third kappa shape index (κ3) is 5.41. The van der Waals surface area contributed by atoms with Crippen molar-refractivity contribution >= 4 is 71.1 Å². The lowest BCUT2D eigenvalue weighted by Crippen LogP contribution is -2.13. The minimum absolute atomic E-state index is 0.00309. The molecule has 116 valence electrons. The van der Waals surface area contributed by atoms with E-state index in [1.54, 1.807) is 11.8 Å². The van der Waals surface area contributed by atoms with E-state index in [1.165, 1.54) is 10.5 Å². The maximum atomic E-state index is 12.1. The van der Waals surface area contributed by atoms with Crippen LogP contribution in [-0.4, -0.2) is 11.7 Å². The summed E-state index contributed by atoms with van der Waals surface area (Å²) < 4.78 is 2.63. The van der Waals surface area contributed by atoms with Crippen LogP contribution in [0.2, 0.25) is 0 Å². The van der Waals surface area contributed by atoms with E-state index >= 15 is 0 Å². The van der Waals surface area contributed by atoms with Crippen LogP contribution < -0.4 is 5.32 Å². The molecular weight excluding hydrogens is 494 g/mol. The molecule has 0 bridgehead atoms. The second-order valence-corrected chi connectivity index (χ2v) is 8.50. The van der Waals surface area contributed by atoms with Gasteiger partial charge in [-0.2, -0.15) is 0 Å². The van der Waals surface area contributed by atoms with Gasteiger partial charge in [-0.25, -0.2) is 0 Å². The zero-order chi connectivity index (χ0) is 16.1. The van der Waals surface area contributed by atoms with E-state index in [-0.39, 0.29) is 5.91 Å². The molecule has 2 rings (SSSR count). The van der Waals surface area contributed by atoms with Crippen molar-refractivity contribution in [1.29, 1.82) is 0 Å². The fourth-order valence-corrected chi connectivity index (χ4v) is 5.07. The highest BCUT2D eigenvalue weighted by Crippen LogP contribution is 2.34. The van der Waals surface area contributed by atoms with Crippen molar-refractivity contribution in [2.45, 2.75) is 18.2 Å². The van der Waals surface area contributed by atoms with E-state index in [4.69, 9.17) is 0 Å². The van der Waals surface area contributed by atoms with E-state index in [9.17, 15) is 4.79 Å². The maximum absolute atomic E-state index is 12.1. The first-order chi connectivity index (χ1) is 10.5. The normalized spacial score (nSPS) is 10.5. The molecule has 1 amide bonds. The van der Waals surface area contributed by atoms with Gasteiger partial charge in [-0.1, -0.05) is 33.6 Å². The number of hydrogen-bond acceptors (Lipinski definition) is 2. The third-order valence-electron chi connectivity index (χ3n) is 2.89. The molecule has 0 saturated carbocycles. The van der Waals surface area contributed by atoms with Gasteiger partial charge in [0.05, 0.1) is 5.69 Å². The summed E-state index contributed by atoms with van der Waals surface area (Å²) in [6.45, 7) is 2.07. The Kier molecular flexibility index (Phi) is 6.99. The molecule has 0 unspecified atom stereocenters. The van der Waals surface area contributed by atoms with E-state index in [2.05, 4.69) is 84.3 Å². The number of anilines is 1. The largest absolute Gasteiger partial charge is 0.324 e.